The minimum atomic E-state index is -1.49. The van der Waals surface area contributed by atoms with E-state index in [-0.39, 0.29) is 55.7 Å². The van der Waals surface area contributed by atoms with Gasteiger partial charge in [-0.1, -0.05) is 0 Å². The molecule has 2 N–H and O–H groups in total. The van der Waals surface area contributed by atoms with E-state index in [1.165, 1.54) is 15.6 Å². The van der Waals surface area contributed by atoms with Gasteiger partial charge >= 0.3 is 12.1 Å². The Morgan fingerprint density at radius 1 is 1.29 bits per heavy atom. The molecule has 2 fully saturated rings. The highest BCUT2D eigenvalue weighted by Gasteiger charge is 2.42. The van der Waals surface area contributed by atoms with Crippen molar-refractivity contribution in [3.63, 3.8) is 0 Å². The van der Waals surface area contributed by atoms with Crippen LogP contribution in [0.4, 0.5) is 19.8 Å². The van der Waals surface area contributed by atoms with Gasteiger partial charge in [0.1, 0.15) is 11.4 Å². The van der Waals surface area contributed by atoms with Gasteiger partial charge in [0, 0.05) is 50.0 Å². The summed E-state index contributed by atoms with van der Waals surface area (Å²) < 4.78 is 22.4. The molecule has 1 unspecified atom stereocenters. The molecule has 1 aromatic heterocycles. The zero-order chi connectivity index (χ0) is 25.0. The van der Waals surface area contributed by atoms with E-state index in [0.717, 1.165) is 0 Å². The summed E-state index contributed by atoms with van der Waals surface area (Å²) in [4.78, 5) is 39.2. The fraction of sp³-hybridized carbons (Fsp3) is 0.565. The standard InChI is InChI=1S/C23H30FN5O5/c1-13-12-23(33,7-9-28(13)21(32)34-22(2,3)4)15-11-17-14(10-16(15)24)19(26-27(17)5)29-8-6-18(30)25-20(29)31/h10-11,13,33H,6-9,12H2,1-5H3,(H,25,30,31)/t13-,23?/m1/s1. The number of aryl methyl sites for hydroxylation is 1. The van der Waals surface area contributed by atoms with Crippen LogP contribution in [0.3, 0.4) is 0 Å². The van der Waals surface area contributed by atoms with Crippen LogP contribution in [0.15, 0.2) is 12.1 Å². The van der Waals surface area contributed by atoms with Gasteiger partial charge < -0.3 is 14.7 Å². The largest absolute Gasteiger partial charge is 0.444 e. The second kappa shape index (κ2) is 8.23. The van der Waals surface area contributed by atoms with Crippen molar-refractivity contribution in [3.05, 3.63) is 23.5 Å². The molecule has 3 heterocycles. The highest BCUT2D eigenvalue weighted by Crippen LogP contribution is 2.40. The summed E-state index contributed by atoms with van der Waals surface area (Å²) in [5.41, 5.74) is -1.48. The van der Waals surface area contributed by atoms with Gasteiger partial charge in [0.15, 0.2) is 5.82 Å². The quantitative estimate of drug-likeness (QED) is 0.690. The van der Waals surface area contributed by atoms with E-state index in [9.17, 15) is 19.5 Å². The number of amides is 4. The van der Waals surface area contributed by atoms with Crippen LogP contribution >= 0.6 is 0 Å². The van der Waals surface area contributed by atoms with E-state index >= 15 is 4.39 Å². The van der Waals surface area contributed by atoms with Gasteiger partial charge in [-0.05, 0) is 46.2 Å². The molecule has 0 radical (unpaired) electrons. The van der Waals surface area contributed by atoms with Crippen molar-refractivity contribution in [2.45, 2.75) is 64.2 Å². The number of carbonyl (C=O) groups is 3. The third-order valence-corrected chi connectivity index (χ3v) is 6.29. The summed E-state index contributed by atoms with van der Waals surface area (Å²) in [6, 6.07) is 1.83. The predicted octanol–water partition coefficient (Wildman–Crippen LogP) is 2.77. The number of carbonyl (C=O) groups excluding carboxylic acids is 3. The van der Waals surface area contributed by atoms with Crippen LogP contribution in [0.2, 0.25) is 0 Å². The Bertz CT molecular complexity index is 1170. The summed E-state index contributed by atoms with van der Waals surface area (Å²) in [5, 5.41) is 18.5. The van der Waals surface area contributed by atoms with Crippen molar-refractivity contribution in [1.29, 1.82) is 0 Å². The van der Waals surface area contributed by atoms with E-state index in [4.69, 9.17) is 4.74 Å². The Morgan fingerprint density at radius 3 is 2.62 bits per heavy atom. The van der Waals surface area contributed by atoms with E-state index < -0.39 is 29.1 Å². The maximum Gasteiger partial charge on any atom is 0.410 e. The number of benzene rings is 1. The van der Waals surface area contributed by atoms with E-state index in [1.54, 1.807) is 45.7 Å². The molecule has 2 aromatic rings. The number of piperidine rings is 1. The van der Waals surface area contributed by atoms with Crippen LogP contribution in [0.25, 0.3) is 10.9 Å². The monoisotopic (exact) mass is 475 g/mol. The number of nitrogens with zero attached hydrogens (tertiary/aromatic N) is 4. The van der Waals surface area contributed by atoms with E-state index in [2.05, 4.69) is 10.4 Å². The predicted molar refractivity (Wildman–Crippen MR) is 122 cm³/mol. The lowest BCUT2D eigenvalue weighted by atomic mass is 9.80. The molecule has 2 atom stereocenters. The van der Waals surface area contributed by atoms with Crippen molar-refractivity contribution < 1.29 is 28.6 Å². The van der Waals surface area contributed by atoms with Crippen LogP contribution in [0.1, 0.15) is 52.5 Å². The Morgan fingerprint density at radius 2 is 2.00 bits per heavy atom. The number of fused-ring (bicyclic) bond motifs is 1. The smallest absolute Gasteiger partial charge is 0.410 e. The Kier molecular flexibility index (Phi) is 5.79. The molecule has 0 spiro atoms. The van der Waals surface area contributed by atoms with Gasteiger partial charge in [-0.2, -0.15) is 5.10 Å². The number of nitrogens with one attached hydrogen (secondary N) is 1. The molecule has 184 valence electrons. The maximum atomic E-state index is 15.4. The average Bonchev–Trinajstić information content (AvgIpc) is 3.01. The molecular formula is C23H30FN5O5. The number of aliphatic hydroxyl groups is 1. The fourth-order valence-corrected chi connectivity index (χ4v) is 4.64. The second-order valence-electron chi connectivity index (χ2n) is 10.1. The highest BCUT2D eigenvalue weighted by atomic mass is 19.1. The van der Waals surface area contributed by atoms with Crippen LogP contribution in [-0.2, 0) is 22.2 Å². The molecule has 1 aromatic carbocycles. The topological polar surface area (TPSA) is 117 Å². The molecule has 4 amide bonds. The third kappa shape index (κ3) is 4.31. The van der Waals surface area contributed by atoms with Gasteiger partial charge in [0.2, 0.25) is 5.91 Å². The molecule has 2 aliphatic rings. The molecule has 2 aliphatic heterocycles. The summed E-state index contributed by atoms with van der Waals surface area (Å²) in [7, 11) is 1.66. The molecule has 0 saturated carbocycles. The Labute approximate surface area is 196 Å². The van der Waals surface area contributed by atoms with E-state index in [0.29, 0.717) is 10.9 Å². The number of urea groups is 1. The number of ether oxygens (including phenoxy) is 1. The first-order chi connectivity index (χ1) is 15.8. The number of hydrogen-bond acceptors (Lipinski definition) is 6. The van der Waals surface area contributed by atoms with Crippen molar-refractivity contribution in [3.8, 4) is 0 Å². The van der Waals surface area contributed by atoms with Gasteiger partial charge in [-0.25, -0.2) is 14.0 Å². The number of halogens is 1. The molecule has 2 saturated heterocycles. The lowest BCUT2D eigenvalue weighted by Gasteiger charge is -2.43. The molecule has 4 rings (SSSR count). The van der Waals surface area contributed by atoms with Gasteiger partial charge in [0.25, 0.3) is 0 Å². The van der Waals surface area contributed by atoms with Crippen molar-refractivity contribution >= 4 is 34.8 Å². The SMILES string of the molecule is C[C@@H]1CC(O)(c2cc3c(cc2F)c(N2CCC(=O)NC2=O)nn3C)CCN1C(=O)OC(C)(C)C. The average molecular weight is 476 g/mol. The third-order valence-electron chi connectivity index (χ3n) is 6.29. The lowest BCUT2D eigenvalue weighted by Crippen LogP contribution is -2.51. The number of imide groups is 1. The highest BCUT2D eigenvalue weighted by molar-refractivity contribution is 6.08. The van der Waals surface area contributed by atoms with E-state index in [1.807, 2.05) is 0 Å². The minimum absolute atomic E-state index is 0.114. The number of hydrogen-bond donors (Lipinski definition) is 2. The zero-order valence-corrected chi connectivity index (χ0v) is 20.0. The summed E-state index contributed by atoms with van der Waals surface area (Å²) in [5.74, 6) is -0.757. The first-order valence-electron chi connectivity index (χ1n) is 11.3. The van der Waals surface area contributed by atoms with Crippen molar-refractivity contribution in [2.75, 3.05) is 18.0 Å². The first kappa shape index (κ1) is 23.9. The van der Waals surface area contributed by atoms with Crippen LogP contribution < -0.4 is 10.2 Å². The zero-order valence-electron chi connectivity index (χ0n) is 20.0. The van der Waals surface area contributed by atoms with Gasteiger partial charge in [-0.3, -0.25) is 19.7 Å². The van der Waals surface area contributed by atoms with Crippen molar-refractivity contribution in [1.82, 2.24) is 20.0 Å². The number of rotatable bonds is 2. The van der Waals surface area contributed by atoms with Gasteiger partial charge in [-0.15, -0.1) is 0 Å². The Hall–Kier alpha value is -3.21. The lowest BCUT2D eigenvalue weighted by molar-refractivity contribution is -0.120. The Balaban J connectivity index is 1.63. The summed E-state index contributed by atoms with van der Waals surface area (Å²) in [6.45, 7) is 7.50. The molecule has 0 bridgehead atoms. The summed E-state index contributed by atoms with van der Waals surface area (Å²) >= 11 is 0. The van der Waals surface area contributed by atoms with Gasteiger partial charge in [0.05, 0.1) is 11.1 Å². The number of aromatic nitrogens is 2. The van der Waals surface area contributed by atoms with Crippen LogP contribution in [0, 0.1) is 5.82 Å². The number of likely N-dealkylation sites (tertiary alicyclic amines) is 1. The molecule has 34 heavy (non-hydrogen) atoms. The first-order valence-corrected chi connectivity index (χ1v) is 11.3. The van der Waals surface area contributed by atoms with Crippen LogP contribution in [-0.4, -0.2) is 62.6 Å². The summed E-state index contributed by atoms with van der Waals surface area (Å²) in [6.07, 6.45) is -0.0699. The number of anilines is 1. The van der Waals surface area contributed by atoms with Crippen LogP contribution in [0.5, 0.6) is 0 Å². The molecular weight excluding hydrogens is 445 g/mol. The minimum Gasteiger partial charge on any atom is -0.444 e. The van der Waals surface area contributed by atoms with Crippen molar-refractivity contribution in [2.24, 2.45) is 7.05 Å². The fourth-order valence-electron chi connectivity index (χ4n) is 4.64. The molecule has 11 heteroatoms. The molecule has 0 aliphatic carbocycles. The normalized spacial score (nSPS) is 23.9. The maximum absolute atomic E-state index is 15.4. The second-order valence-corrected chi connectivity index (χ2v) is 10.1. The molecule has 10 nitrogen and oxygen atoms in total.